The number of hydrogen-bond acceptors (Lipinski definition) is 4. The first-order valence-corrected chi connectivity index (χ1v) is 5.01. The molecule has 3 rings (SSSR count). The van der Waals surface area contributed by atoms with Gasteiger partial charge >= 0.3 is 0 Å². The first-order chi connectivity index (χ1) is 14.4. The van der Waals surface area contributed by atoms with Gasteiger partial charge in [-0.1, -0.05) is 18.1 Å². The summed E-state index contributed by atoms with van der Waals surface area (Å²) >= 11 is 0. The van der Waals surface area contributed by atoms with Crippen molar-refractivity contribution in [1.29, 1.82) is 0 Å². The fourth-order valence-corrected chi connectivity index (χ4v) is 1.29. The average molecular weight is 260 g/mol. The molecule has 19 heavy (non-hydrogen) atoms. The van der Waals surface area contributed by atoms with Crippen molar-refractivity contribution < 1.29 is 16.4 Å². The van der Waals surface area contributed by atoms with E-state index in [1.54, 1.807) is 0 Å². The van der Waals surface area contributed by atoms with Crippen LogP contribution in [0.2, 0.25) is 0 Å². The van der Waals surface area contributed by atoms with E-state index in [-0.39, 0.29) is 0 Å². The molecule has 0 bridgehead atoms. The van der Waals surface area contributed by atoms with Crippen LogP contribution in [0, 0.1) is 0 Å². The van der Waals surface area contributed by atoms with Gasteiger partial charge in [0.1, 0.15) is 17.5 Å². The molecule has 0 unspecified atom stereocenters. The van der Waals surface area contributed by atoms with Crippen LogP contribution in [0.4, 0.5) is 17.5 Å². The highest BCUT2D eigenvalue weighted by Crippen LogP contribution is 2.28. The number of nitrogens with zero attached hydrogens (tertiary/aromatic N) is 4. The van der Waals surface area contributed by atoms with E-state index in [1.807, 2.05) is 0 Å². The number of hydrogen-bond donors (Lipinski definition) is 0. The monoisotopic (exact) mass is 260 g/mol. The van der Waals surface area contributed by atoms with E-state index >= 15 is 0 Å². The summed E-state index contributed by atoms with van der Waals surface area (Å²) in [5, 5.41) is 0. The van der Waals surface area contributed by atoms with Crippen molar-refractivity contribution in [2.24, 2.45) is 0 Å². The third kappa shape index (κ3) is 2.42. The van der Waals surface area contributed by atoms with Crippen LogP contribution < -0.4 is 4.90 Å². The molecule has 4 nitrogen and oxygen atoms in total. The molecule has 0 saturated heterocycles. The zero-order valence-corrected chi connectivity index (χ0v) is 9.29. The minimum Gasteiger partial charge on any atom is -0.262 e. The SMILES string of the molecule is [2H]c1nc(N(c2nc([2H])c([2H])c([2H])c2[2H])c2nc([2H])c([2H])c([2H])c2[2H])c([2H])c([2H])c1[2H]. The van der Waals surface area contributed by atoms with Crippen LogP contribution in [0.25, 0.3) is 0 Å². The van der Waals surface area contributed by atoms with Crippen molar-refractivity contribution in [1.82, 2.24) is 15.0 Å². The molecule has 0 spiro atoms. The Morgan fingerprint density at radius 1 is 0.632 bits per heavy atom. The van der Waals surface area contributed by atoms with E-state index in [1.165, 1.54) is 0 Å². The fraction of sp³-hybridized carbons (Fsp3) is 0. The quantitative estimate of drug-likeness (QED) is 0.724. The molecular weight excluding hydrogens is 236 g/mol. The molecule has 92 valence electrons. The molecule has 0 aliphatic heterocycles. The van der Waals surface area contributed by atoms with Crippen LogP contribution >= 0.6 is 0 Å². The Morgan fingerprint density at radius 3 is 1.37 bits per heavy atom. The Kier molecular flexibility index (Phi) is 1.14. The van der Waals surface area contributed by atoms with Gasteiger partial charge in [-0.25, -0.2) is 15.0 Å². The second-order valence-electron chi connectivity index (χ2n) is 3.10. The third-order valence-corrected chi connectivity index (χ3v) is 2.00. The van der Waals surface area contributed by atoms with Crippen LogP contribution in [-0.4, -0.2) is 15.0 Å². The summed E-state index contributed by atoms with van der Waals surface area (Å²) in [5.74, 6) is -1.83. The van der Waals surface area contributed by atoms with Gasteiger partial charge in [-0.05, 0) is 36.3 Å². The number of rotatable bonds is 3. The van der Waals surface area contributed by atoms with Crippen molar-refractivity contribution in [3.63, 3.8) is 0 Å². The van der Waals surface area contributed by atoms with Crippen LogP contribution in [0.3, 0.4) is 0 Å². The summed E-state index contributed by atoms with van der Waals surface area (Å²) in [6.45, 7) is 0. The van der Waals surface area contributed by atoms with E-state index in [0.717, 1.165) is 0 Å². The van der Waals surface area contributed by atoms with E-state index in [2.05, 4.69) is 15.0 Å². The first kappa shape index (κ1) is 4.13. The molecule has 0 atom stereocenters. The molecule has 0 saturated carbocycles. The Hall–Kier alpha value is -2.75. The van der Waals surface area contributed by atoms with E-state index in [9.17, 15) is 0 Å². The van der Waals surface area contributed by atoms with Gasteiger partial charge in [0.05, 0.1) is 16.4 Å². The standard InChI is InChI=1S/C15H12N4/c1-4-10-16-13(7-1)19(14-8-2-5-11-17-14)15-9-3-6-12-18-15/h1-12H/i1D,2D,3D,4D,5D,6D,7D,8D,9D,10D,11D,12D. The van der Waals surface area contributed by atoms with Crippen LogP contribution in [0.1, 0.15) is 16.4 Å². The second kappa shape index (κ2) is 5.27. The molecule has 0 amide bonds. The van der Waals surface area contributed by atoms with Crippen molar-refractivity contribution >= 4 is 17.5 Å². The van der Waals surface area contributed by atoms with Gasteiger partial charge in [0.15, 0.2) is 0 Å². The first-order valence-electron chi connectivity index (χ1n) is 11.0. The maximum Gasteiger partial charge on any atom is 0.139 e. The topological polar surface area (TPSA) is 41.9 Å². The van der Waals surface area contributed by atoms with Crippen molar-refractivity contribution in [3.8, 4) is 0 Å². The molecule has 3 aromatic heterocycles. The Balaban J connectivity index is 2.50. The Morgan fingerprint density at radius 2 is 1.00 bits per heavy atom. The predicted molar refractivity (Wildman–Crippen MR) is 74.5 cm³/mol. The minimum absolute atomic E-state index is 0.610. The van der Waals surface area contributed by atoms with E-state index < -0.39 is 90.4 Å². The van der Waals surface area contributed by atoms with Gasteiger partial charge in [0, 0.05) is 18.5 Å². The van der Waals surface area contributed by atoms with Gasteiger partial charge in [-0.15, -0.1) is 0 Å². The molecule has 0 N–H and O–H groups in total. The maximum atomic E-state index is 8.17. The largest absolute Gasteiger partial charge is 0.262 e. The number of aromatic nitrogens is 3. The summed E-state index contributed by atoms with van der Waals surface area (Å²) in [7, 11) is 0. The molecule has 4 heteroatoms. The van der Waals surface area contributed by atoms with Crippen LogP contribution in [0.5, 0.6) is 0 Å². The fourth-order valence-electron chi connectivity index (χ4n) is 1.29. The smallest absolute Gasteiger partial charge is 0.139 e. The third-order valence-electron chi connectivity index (χ3n) is 2.00. The van der Waals surface area contributed by atoms with Gasteiger partial charge in [0.25, 0.3) is 0 Å². The lowest BCUT2D eigenvalue weighted by molar-refractivity contribution is 1.08. The van der Waals surface area contributed by atoms with Crippen LogP contribution in [-0.2, 0) is 0 Å². The summed E-state index contributed by atoms with van der Waals surface area (Å²) in [6.07, 6.45) is -2.20. The normalized spacial score (nSPS) is 18.9. The van der Waals surface area contributed by atoms with Crippen molar-refractivity contribution in [2.45, 2.75) is 0 Å². The van der Waals surface area contributed by atoms with E-state index in [4.69, 9.17) is 16.4 Å². The highest BCUT2D eigenvalue weighted by atomic mass is 15.3. The second-order valence-corrected chi connectivity index (χ2v) is 3.10. The molecule has 0 aliphatic carbocycles. The zero-order chi connectivity index (χ0) is 23.4. The van der Waals surface area contributed by atoms with Crippen molar-refractivity contribution in [2.75, 3.05) is 4.90 Å². The number of anilines is 3. The lowest BCUT2D eigenvalue weighted by Gasteiger charge is -2.21. The van der Waals surface area contributed by atoms with Crippen LogP contribution in [0.15, 0.2) is 72.9 Å². The summed E-state index contributed by atoms with van der Waals surface area (Å²) in [5.41, 5.74) is 0. The summed E-state index contributed by atoms with van der Waals surface area (Å²) in [4.78, 5) is 11.9. The molecule has 0 radical (unpaired) electrons. The zero-order valence-electron chi connectivity index (χ0n) is 21.3. The molecule has 3 aromatic rings. The summed E-state index contributed by atoms with van der Waals surface area (Å²) in [6, 6.07) is -6.36. The van der Waals surface area contributed by atoms with Gasteiger partial charge in [0.2, 0.25) is 0 Å². The lowest BCUT2D eigenvalue weighted by Crippen LogP contribution is -2.13. The molecule has 0 aromatic carbocycles. The molecule has 3 heterocycles. The molecular formula is C15H12N4. The lowest BCUT2D eigenvalue weighted by atomic mass is 10.3. The highest BCUT2D eigenvalue weighted by Gasteiger charge is 2.14. The predicted octanol–water partition coefficient (Wildman–Crippen LogP) is 3.34. The minimum atomic E-state index is -0.734. The molecule has 0 aliphatic rings. The highest BCUT2D eigenvalue weighted by molar-refractivity contribution is 5.68. The van der Waals surface area contributed by atoms with Gasteiger partial charge in [-0.2, -0.15) is 0 Å². The van der Waals surface area contributed by atoms with Gasteiger partial charge in [-0.3, -0.25) is 4.90 Å². The maximum absolute atomic E-state index is 8.17. The van der Waals surface area contributed by atoms with Crippen molar-refractivity contribution in [3.05, 3.63) is 72.9 Å². The van der Waals surface area contributed by atoms with E-state index in [0.29, 0.717) is 4.90 Å². The molecule has 0 fully saturated rings. The van der Waals surface area contributed by atoms with Gasteiger partial charge < -0.3 is 0 Å². The average Bonchev–Trinajstić information content (AvgIpc) is 2.74. The Bertz CT molecular complexity index is 1080. The Labute approximate surface area is 128 Å². The summed E-state index contributed by atoms with van der Waals surface area (Å²) < 4.78 is 94.5. The number of pyridine rings is 3.